The lowest BCUT2D eigenvalue weighted by atomic mass is 10.2. The number of fused-ring (bicyclic) bond motifs is 2. The molecule has 0 fully saturated rings. The van der Waals surface area contributed by atoms with Gasteiger partial charge in [-0.25, -0.2) is 14.4 Å². The molecule has 16 heavy (non-hydrogen) atoms. The molecule has 3 nitrogen and oxygen atoms in total. The van der Waals surface area contributed by atoms with Crippen LogP contribution in [0.2, 0.25) is 0 Å². The van der Waals surface area contributed by atoms with Crippen molar-refractivity contribution in [2.45, 2.75) is 0 Å². The molecule has 0 saturated carbocycles. The minimum atomic E-state index is -0.337. The molecule has 1 N–H and O–H groups in total. The zero-order chi connectivity index (χ0) is 11.1. The summed E-state index contributed by atoms with van der Waals surface area (Å²) in [5.74, 6) is -0.337. The number of hydrogen-bond acceptors (Lipinski definition) is 3. The van der Waals surface area contributed by atoms with Crippen molar-refractivity contribution in [1.29, 1.82) is 0 Å². The van der Waals surface area contributed by atoms with Crippen LogP contribution in [-0.2, 0) is 0 Å². The Morgan fingerprint density at radius 2 is 2.12 bits per heavy atom. The molecule has 78 valence electrons. The molecule has 5 heteroatoms. The third-order valence-electron chi connectivity index (χ3n) is 2.37. The van der Waals surface area contributed by atoms with Crippen LogP contribution in [0.3, 0.4) is 0 Å². The largest absolute Gasteiger partial charge is 0.315 e. The number of H-pyrrole nitrogens is 1. The number of hydrogen-bond donors (Lipinski definition) is 1. The van der Waals surface area contributed by atoms with Gasteiger partial charge in [-0.15, -0.1) is 0 Å². The molecule has 0 saturated heterocycles. The highest BCUT2D eigenvalue weighted by atomic mass is 32.1. The first kappa shape index (κ1) is 9.35. The highest BCUT2D eigenvalue weighted by Crippen LogP contribution is 2.19. The quantitative estimate of drug-likeness (QED) is 0.477. The van der Waals surface area contributed by atoms with Gasteiger partial charge in [-0.2, -0.15) is 0 Å². The molecule has 3 aromatic rings. The number of aromatic nitrogens is 3. The summed E-state index contributed by atoms with van der Waals surface area (Å²) in [5, 5.41) is 1.56. The molecule has 0 bridgehead atoms. The molecular weight excluding hydrogens is 225 g/mol. The van der Waals surface area contributed by atoms with Crippen molar-refractivity contribution >= 4 is 34.2 Å². The standard InChI is InChI=1S/C11H6FN3S/c12-8-3-1-2-6-4-7-5-13-11(16)15-10(7)14-9(6)8/h1-5H,(H,13,14,15,16). The third-order valence-corrected chi connectivity index (χ3v) is 2.58. The van der Waals surface area contributed by atoms with Crippen molar-refractivity contribution < 1.29 is 4.39 Å². The Balaban J connectivity index is 2.54. The van der Waals surface area contributed by atoms with Crippen LogP contribution in [0.1, 0.15) is 0 Å². The van der Waals surface area contributed by atoms with Gasteiger partial charge in [-0.05, 0) is 24.4 Å². The lowest BCUT2D eigenvalue weighted by Crippen LogP contribution is -1.90. The molecule has 2 aromatic heterocycles. The maximum absolute atomic E-state index is 13.5. The summed E-state index contributed by atoms with van der Waals surface area (Å²) in [6, 6.07) is 6.69. The molecule has 0 aliphatic carbocycles. The lowest BCUT2D eigenvalue weighted by Gasteiger charge is -2.01. The van der Waals surface area contributed by atoms with E-state index in [9.17, 15) is 4.39 Å². The number of benzene rings is 1. The average Bonchev–Trinajstić information content (AvgIpc) is 2.28. The second-order valence-corrected chi connectivity index (χ2v) is 3.81. The number of pyridine rings is 1. The van der Waals surface area contributed by atoms with Crippen molar-refractivity contribution in [3.8, 4) is 0 Å². The molecule has 0 radical (unpaired) electrons. The average molecular weight is 231 g/mol. The predicted molar refractivity (Wildman–Crippen MR) is 62.2 cm³/mol. The number of aromatic amines is 1. The molecule has 2 heterocycles. The van der Waals surface area contributed by atoms with Crippen molar-refractivity contribution in [3.63, 3.8) is 0 Å². The fraction of sp³-hybridized carbons (Fsp3) is 0. The number of nitrogens with zero attached hydrogens (tertiary/aromatic N) is 2. The number of rotatable bonds is 0. The van der Waals surface area contributed by atoms with E-state index < -0.39 is 0 Å². The summed E-state index contributed by atoms with van der Waals surface area (Å²) in [6.45, 7) is 0. The Hall–Kier alpha value is -1.88. The van der Waals surface area contributed by atoms with E-state index in [1.807, 2.05) is 12.1 Å². The van der Waals surface area contributed by atoms with Gasteiger partial charge in [0.2, 0.25) is 0 Å². The maximum Gasteiger partial charge on any atom is 0.198 e. The van der Waals surface area contributed by atoms with E-state index in [0.717, 1.165) is 10.8 Å². The van der Waals surface area contributed by atoms with Gasteiger partial charge >= 0.3 is 0 Å². The van der Waals surface area contributed by atoms with Crippen LogP contribution in [0.25, 0.3) is 21.9 Å². The topological polar surface area (TPSA) is 41.6 Å². The van der Waals surface area contributed by atoms with Crippen LogP contribution in [-0.4, -0.2) is 15.0 Å². The van der Waals surface area contributed by atoms with E-state index in [4.69, 9.17) is 12.2 Å². The second-order valence-electron chi connectivity index (χ2n) is 3.43. The minimum absolute atomic E-state index is 0.337. The maximum atomic E-state index is 13.5. The molecule has 1 aromatic carbocycles. The molecule has 0 aliphatic heterocycles. The van der Waals surface area contributed by atoms with Crippen LogP contribution < -0.4 is 0 Å². The first-order chi connectivity index (χ1) is 7.74. The highest BCUT2D eigenvalue weighted by Gasteiger charge is 2.04. The van der Waals surface area contributed by atoms with Crippen LogP contribution >= 0.6 is 12.2 Å². The molecule has 0 unspecified atom stereocenters. The van der Waals surface area contributed by atoms with Crippen molar-refractivity contribution in [1.82, 2.24) is 15.0 Å². The van der Waals surface area contributed by atoms with Crippen molar-refractivity contribution in [3.05, 3.63) is 41.1 Å². The zero-order valence-corrected chi connectivity index (χ0v) is 8.88. The predicted octanol–water partition coefficient (Wildman–Crippen LogP) is 2.98. The summed E-state index contributed by atoms with van der Waals surface area (Å²) in [5.41, 5.74) is 0.893. The van der Waals surface area contributed by atoms with E-state index in [-0.39, 0.29) is 5.82 Å². The van der Waals surface area contributed by atoms with Crippen LogP contribution in [0.4, 0.5) is 4.39 Å². The lowest BCUT2D eigenvalue weighted by molar-refractivity contribution is 0.637. The highest BCUT2D eigenvalue weighted by molar-refractivity contribution is 7.71. The molecule has 0 amide bonds. The first-order valence-corrected chi connectivity index (χ1v) is 5.09. The fourth-order valence-electron chi connectivity index (χ4n) is 1.64. The van der Waals surface area contributed by atoms with Gasteiger partial charge in [-0.3, -0.25) is 0 Å². The van der Waals surface area contributed by atoms with Crippen molar-refractivity contribution in [2.75, 3.05) is 0 Å². The van der Waals surface area contributed by atoms with Crippen LogP contribution in [0.15, 0.2) is 30.5 Å². The number of para-hydroxylation sites is 1. The van der Waals surface area contributed by atoms with Gasteiger partial charge in [0.15, 0.2) is 4.77 Å². The van der Waals surface area contributed by atoms with E-state index in [2.05, 4.69) is 15.0 Å². The Morgan fingerprint density at radius 1 is 1.25 bits per heavy atom. The second kappa shape index (κ2) is 3.31. The monoisotopic (exact) mass is 231 g/mol. The van der Waals surface area contributed by atoms with E-state index in [1.54, 1.807) is 12.3 Å². The fourth-order valence-corrected chi connectivity index (χ4v) is 1.79. The molecule has 0 atom stereocenters. The van der Waals surface area contributed by atoms with Crippen LogP contribution in [0, 0.1) is 10.6 Å². The summed E-state index contributed by atoms with van der Waals surface area (Å²) < 4.78 is 13.8. The third kappa shape index (κ3) is 1.37. The summed E-state index contributed by atoms with van der Waals surface area (Å²) >= 11 is 4.89. The summed E-state index contributed by atoms with van der Waals surface area (Å²) in [7, 11) is 0. The summed E-state index contributed by atoms with van der Waals surface area (Å²) in [4.78, 5) is 11.0. The van der Waals surface area contributed by atoms with Gasteiger partial charge in [-0.1, -0.05) is 12.1 Å². The summed E-state index contributed by atoms with van der Waals surface area (Å²) in [6.07, 6.45) is 1.63. The Bertz CT molecular complexity index is 751. The molecule has 0 aliphatic rings. The Kier molecular flexibility index (Phi) is 1.94. The molecule has 0 spiro atoms. The molecule has 3 rings (SSSR count). The van der Waals surface area contributed by atoms with E-state index in [1.165, 1.54) is 6.07 Å². The zero-order valence-electron chi connectivity index (χ0n) is 8.07. The van der Waals surface area contributed by atoms with Gasteiger partial charge < -0.3 is 4.98 Å². The van der Waals surface area contributed by atoms with Gasteiger partial charge in [0, 0.05) is 17.0 Å². The normalized spacial score (nSPS) is 11.1. The SMILES string of the molecule is Fc1cccc2cc3cnc(=S)[nH]c3nc12. The molecular formula is C11H6FN3S. The number of nitrogens with one attached hydrogen (secondary N) is 1. The van der Waals surface area contributed by atoms with Crippen LogP contribution in [0.5, 0.6) is 0 Å². The first-order valence-electron chi connectivity index (χ1n) is 4.68. The number of halogens is 1. The van der Waals surface area contributed by atoms with Gasteiger partial charge in [0.05, 0.1) is 0 Å². The Labute approximate surface area is 95.0 Å². The van der Waals surface area contributed by atoms with Crippen molar-refractivity contribution in [2.24, 2.45) is 0 Å². The van der Waals surface area contributed by atoms with Gasteiger partial charge in [0.25, 0.3) is 0 Å². The van der Waals surface area contributed by atoms with Gasteiger partial charge in [0.1, 0.15) is 17.0 Å². The Morgan fingerprint density at radius 3 is 3.00 bits per heavy atom. The minimum Gasteiger partial charge on any atom is -0.315 e. The van der Waals surface area contributed by atoms with E-state index >= 15 is 0 Å². The smallest absolute Gasteiger partial charge is 0.198 e. The van der Waals surface area contributed by atoms with E-state index in [0.29, 0.717) is 15.9 Å².